The van der Waals surface area contributed by atoms with E-state index in [9.17, 15) is 5.11 Å². The van der Waals surface area contributed by atoms with Crippen molar-refractivity contribution < 1.29 is 5.11 Å². The van der Waals surface area contributed by atoms with Crippen LogP contribution in [0.4, 0.5) is 0 Å². The van der Waals surface area contributed by atoms with Gasteiger partial charge in [0.15, 0.2) is 0 Å². The summed E-state index contributed by atoms with van der Waals surface area (Å²) in [7, 11) is 0. The summed E-state index contributed by atoms with van der Waals surface area (Å²) in [4.78, 5) is 3.05. The molecular formula is C15H23NOS. The molecule has 2 aliphatic rings. The molecule has 1 aromatic rings. The van der Waals surface area contributed by atoms with Crippen molar-refractivity contribution in [1.82, 2.24) is 5.32 Å². The van der Waals surface area contributed by atoms with E-state index < -0.39 is 5.60 Å². The van der Waals surface area contributed by atoms with Gasteiger partial charge in [-0.05, 0) is 63.5 Å². The fraction of sp³-hybridized carbons (Fsp3) is 0.733. The fourth-order valence-corrected chi connectivity index (χ4v) is 4.22. The highest BCUT2D eigenvalue weighted by Gasteiger charge is 2.34. The SMILES string of the molecule is CC(NCC1(O)CCC1)c1cc2c(s1)CCCC2. The van der Waals surface area contributed by atoms with Crippen molar-refractivity contribution in [3.05, 3.63) is 21.4 Å². The van der Waals surface area contributed by atoms with E-state index in [-0.39, 0.29) is 0 Å². The van der Waals surface area contributed by atoms with Crippen LogP contribution in [0.3, 0.4) is 0 Å². The lowest BCUT2D eigenvalue weighted by atomic mass is 9.80. The number of nitrogens with one attached hydrogen (secondary N) is 1. The van der Waals surface area contributed by atoms with Crippen LogP contribution in [-0.4, -0.2) is 17.3 Å². The molecule has 0 bridgehead atoms. The summed E-state index contributed by atoms with van der Waals surface area (Å²) in [6.45, 7) is 2.97. The van der Waals surface area contributed by atoms with Crippen molar-refractivity contribution in [1.29, 1.82) is 0 Å². The molecule has 2 aliphatic carbocycles. The zero-order valence-electron chi connectivity index (χ0n) is 11.2. The molecule has 100 valence electrons. The summed E-state index contributed by atoms with van der Waals surface area (Å²) in [5.74, 6) is 0. The lowest BCUT2D eigenvalue weighted by molar-refractivity contribution is -0.0328. The van der Waals surface area contributed by atoms with Gasteiger partial charge in [-0.3, -0.25) is 0 Å². The average Bonchev–Trinajstić information content (AvgIpc) is 2.77. The van der Waals surface area contributed by atoms with E-state index in [0.29, 0.717) is 6.04 Å². The molecule has 2 N–H and O–H groups in total. The quantitative estimate of drug-likeness (QED) is 0.876. The van der Waals surface area contributed by atoms with Crippen LogP contribution in [0.15, 0.2) is 6.07 Å². The molecule has 1 heterocycles. The van der Waals surface area contributed by atoms with Gasteiger partial charge in [0.2, 0.25) is 0 Å². The molecule has 1 atom stereocenters. The Balaban J connectivity index is 1.61. The first kappa shape index (κ1) is 12.6. The smallest absolute Gasteiger partial charge is 0.0771 e. The van der Waals surface area contributed by atoms with Gasteiger partial charge in [0.1, 0.15) is 0 Å². The standard InChI is InChI=1S/C15H23NOS/c1-11(16-10-15(17)7-4-8-15)14-9-12-5-2-3-6-13(12)18-14/h9,11,16-17H,2-8,10H2,1H3. The Labute approximate surface area is 113 Å². The number of aliphatic hydroxyl groups is 1. The molecule has 18 heavy (non-hydrogen) atoms. The lowest BCUT2D eigenvalue weighted by Crippen LogP contribution is -2.46. The maximum Gasteiger partial charge on any atom is 0.0771 e. The minimum Gasteiger partial charge on any atom is -0.389 e. The highest BCUT2D eigenvalue weighted by molar-refractivity contribution is 7.12. The van der Waals surface area contributed by atoms with E-state index in [1.54, 1.807) is 10.4 Å². The van der Waals surface area contributed by atoms with Gasteiger partial charge in [-0.25, -0.2) is 0 Å². The third-order valence-electron chi connectivity index (χ3n) is 4.46. The van der Waals surface area contributed by atoms with Crippen LogP contribution in [0.1, 0.15) is 60.4 Å². The maximum atomic E-state index is 10.1. The molecule has 0 spiro atoms. The van der Waals surface area contributed by atoms with Crippen LogP contribution < -0.4 is 5.32 Å². The van der Waals surface area contributed by atoms with E-state index in [2.05, 4.69) is 18.3 Å². The zero-order valence-corrected chi connectivity index (χ0v) is 12.0. The molecule has 3 heteroatoms. The van der Waals surface area contributed by atoms with Crippen molar-refractivity contribution in [2.24, 2.45) is 0 Å². The number of hydrogen-bond donors (Lipinski definition) is 2. The van der Waals surface area contributed by atoms with Crippen LogP contribution in [0, 0.1) is 0 Å². The Morgan fingerprint density at radius 1 is 1.33 bits per heavy atom. The van der Waals surface area contributed by atoms with Crippen molar-refractivity contribution in [3.63, 3.8) is 0 Å². The highest BCUT2D eigenvalue weighted by atomic mass is 32.1. The average molecular weight is 265 g/mol. The Bertz CT molecular complexity index is 399. The summed E-state index contributed by atoms with van der Waals surface area (Å²) in [6.07, 6.45) is 8.36. The summed E-state index contributed by atoms with van der Waals surface area (Å²) in [6, 6.07) is 2.77. The first-order valence-corrected chi connectivity index (χ1v) is 8.05. The molecule has 0 aliphatic heterocycles. The van der Waals surface area contributed by atoms with Gasteiger partial charge >= 0.3 is 0 Å². The zero-order chi connectivity index (χ0) is 12.6. The maximum absolute atomic E-state index is 10.1. The van der Waals surface area contributed by atoms with E-state index in [1.165, 1.54) is 37.0 Å². The monoisotopic (exact) mass is 265 g/mol. The van der Waals surface area contributed by atoms with Gasteiger partial charge in [0, 0.05) is 22.3 Å². The highest BCUT2D eigenvalue weighted by Crippen LogP contribution is 2.34. The van der Waals surface area contributed by atoms with E-state index in [4.69, 9.17) is 0 Å². The number of aryl methyl sites for hydroxylation is 2. The van der Waals surface area contributed by atoms with E-state index >= 15 is 0 Å². The first-order valence-electron chi connectivity index (χ1n) is 7.24. The molecule has 0 radical (unpaired) electrons. The Hall–Kier alpha value is -0.380. The van der Waals surface area contributed by atoms with Gasteiger partial charge in [-0.2, -0.15) is 0 Å². The Kier molecular flexibility index (Phi) is 3.48. The Morgan fingerprint density at radius 2 is 2.11 bits per heavy atom. The summed E-state index contributed by atoms with van der Waals surface area (Å²) < 4.78 is 0. The van der Waals surface area contributed by atoms with E-state index in [1.807, 2.05) is 11.3 Å². The number of fused-ring (bicyclic) bond motifs is 1. The van der Waals surface area contributed by atoms with Gasteiger partial charge in [0.25, 0.3) is 0 Å². The van der Waals surface area contributed by atoms with Crippen LogP contribution in [0.25, 0.3) is 0 Å². The molecule has 0 amide bonds. The predicted molar refractivity (Wildman–Crippen MR) is 76.2 cm³/mol. The molecule has 1 unspecified atom stereocenters. The molecule has 1 saturated carbocycles. The van der Waals surface area contributed by atoms with Gasteiger partial charge in [-0.1, -0.05) is 0 Å². The normalized spacial score (nSPS) is 23.2. The molecule has 1 aromatic heterocycles. The van der Waals surface area contributed by atoms with Crippen LogP contribution in [-0.2, 0) is 12.8 Å². The number of hydrogen-bond acceptors (Lipinski definition) is 3. The summed E-state index contributed by atoms with van der Waals surface area (Å²) in [5.41, 5.74) is 1.17. The summed E-state index contributed by atoms with van der Waals surface area (Å²) in [5, 5.41) is 13.6. The van der Waals surface area contributed by atoms with Crippen molar-refractivity contribution in [2.75, 3.05) is 6.54 Å². The third kappa shape index (κ3) is 2.49. The van der Waals surface area contributed by atoms with Crippen molar-refractivity contribution in [3.8, 4) is 0 Å². The second-order valence-corrected chi connectivity index (χ2v) is 7.15. The number of thiophene rings is 1. The van der Waals surface area contributed by atoms with E-state index in [0.717, 1.165) is 19.4 Å². The second kappa shape index (κ2) is 4.95. The van der Waals surface area contributed by atoms with Crippen LogP contribution in [0.5, 0.6) is 0 Å². The minimum atomic E-state index is -0.412. The molecular weight excluding hydrogens is 242 g/mol. The lowest BCUT2D eigenvalue weighted by Gasteiger charge is -2.37. The molecule has 0 saturated heterocycles. The van der Waals surface area contributed by atoms with Gasteiger partial charge in [-0.15, -0.1) is 11.3 Å². The Morgan fingerprint density at radius 3 is 2.78 bits per heavy atom. The molecule has 1 fully saturated rings. The largest absolute Gasteiger partial charge is 0.389 e. The second-order valence-electron chi connectivity index (χ2n) is 5.98. The van der Waals surface area contributed by atoms with Gasteiger partial charge < -0.3 is 10.4 Å². The first-order chi connectivity index (χ1) is 8.66. The van der Waals surface area contributed by atoms with Crippen molar-refractivity contribution >= 4 is 11.3 Å². The van der Waals surface area contributed by atoms with Crippen molar-refractivity contribution in [2.45, 2.75) is 63.5 Å². The number of rotatable bonds is 4. The summed E-state index contributed by atoms with van der Waals surface area (Å²) >= 11 is 1.98. The van der Waals surface area contributed by atoms with Crippen LogP contribution in [0.2, 0.25) is 0 Å². The van der Waals surface area contributed by atoms with Gasteiger partial charge in [0.05, 0.1) is 5.60 Å². The topological polar surface area (TPSA) is 32.3 Å². The van der Waals surface area contributed by atoms with Crippen LogP contribution >= 0.6 is 11.3 Å². The predicted octanol–water partition coefficient (Wildman–Crippen LogP) is 3.19. The fourth-order valence-electron chi connectivity index (χ4n) is 2.93. The molecule has 3 rings (SSSR count). The molecule has 2 nitrogen and oxygen atoms in total. The third-order valence-corrected chi connectivity index (χ3v) is 5.88. The minimum absolute atomic E-state index is 0.380. The molecule has 0 aromatic carbocycles.